The van der Waals surface area contributed by atoms with Crippen LogP contribution in [0, 0.1) is 10.8 Å². The molecule has 3 nitrogen and oxygen atoms in total. The summed E-state index contributed by atoms with van der Waals surface area (Å²) >= 11 is 0. The molecule has 0 amide bonds. The highest BCUT2D eigenvalue weighted by atomic mass is 15.2. The van der Waals surface area contributed by atoms with Crippen molar-refractivity contribution in [3.05, 3.63) is 24.4 Å². The average molecular weight is 291 g/mol. The Labute approximate surface area is 131 Å². The Morgan fingerprint density at radius 1 is 1.43 bits per heavy atom. The van der Waals surface area contributed by atoms with Gasteiger partial charge in [-0.05, 0) is 44.1 Å². The van der Waals surface area contributed by atoms with Crippen LogP contribution < -0.4 is 5.32 Å². The van der Waals surface area contributed by atoms with Crippen LogP contribution in [-0.4, -0.2) is 29.4 Å². The van der Waals surface area contributed by atoms with Crippen molar-refractivity contribution in [1.82, 2.24) is 10.2 Å². The van der Waals surface area contributed by atoms with Gasteiger partial charge < -0.3 is 10.2 Å². The van der Waals surface area contributed by atoms with E-state index < -0.39 is 0 Å². The van der Waals surface area contributed by atoms with Crippen molar-refractivity contribution in [1.29, 1.82) is 5.41 Å². The summed E-state index contributed by atoms with van der Waals surface area (Å²) < 4.78 is 0. The monoisotopic (exact) mass is 291 g/mol. The second-order valence-electron chi connectivity index (χ2n) is 7.20. The third-order valence-corrected chi connectivity index (χ3v) is 4.42. The van der Waals surface area contributed by atoms with Crippen LogP contribution in [0.3, 0.4) is 0 Å². The van der Waals surface area contributed by atoms with Gasteiger partial charge in [-0.1, -0.05) is 34.3 Å². The second-order valence-corrected chi connectivity index (χ2v) is 7.20. The molecule has 3 heteroatoms. The quantitative estimate of drug-likeness (QED) is 0.450. The molecule has 0 aromatic heterocycles. The van der Waals surface area contributed by atoms with Crippen LogP contribution in [0.1, 0.15) is 60.3 Å². The normalized spacial score (nSPS) is 21.9. The largest absolute Gasteiger partial charge is 0.382 e. The fourth-order valence-corrected chi connectivity index (χ4v) is 2.98. The lowest BCUT2D eigenvalue weighted by atomic mass is 9.85. The molecule has 1 fully saturated rings. The molecular weight excluding hydrogens is 258 g/mol. The first-order valence-corrected chi connectivity index (χ1v) is 8.25. The molecule has 0 aromatic rings. The standard InChI is InChI=1S/C18H33N3/c1-7-15(20-16(8-2)18(4,5)6)13-17(19)21-12-10-9-11-14(21)3/h7,13-14,16,19-20H,1,8-12H2,2-6H3/b15-13-,19-17?. The van der Waals surface area contributed by atoms with Crippen molar-refractivity contribution in [3.8, 4) is 0 Å². The van der Waals surface area contributed by atoms with E-state index in [1.807, 2.05) is 12.2 Å². The number of rotatable bonds is 5. The Balaban J connectivity index is 2.78. The first-order chi connectivity index (χ1) is 9.79. The molecular formula is C18H33N3. The molecule has 0 saturated carbocycles. The fraction of sp³-hybridized carbons (Fsp3) is 0.722. The van der Waals surface area contributed by atoms with E-state index in [1.54, 1.807) is 0 Å². The van der Waals surface area contributed by atoms with Gasteiger partial charge in [-0.3, -0.25) is 5.41 Å². The Morgan fingerprint density at radius 2 is 2.10 bits per heavy atom. The lowest BCUT2D eigenvalue weighted by Crippen LogP contribution is -2.42. The maximum absolute atomic E-state index is 8.37. The van der Waals surface area contributed by atoms with Gasteiger partial charge in [0.05, 0.1) is 0 Å². The second kappa shape index (κ2) is 7.67. The zero-order chi connectivity index (χ0) is 16.0. The van der Waals surface area contributed by atoms with E-state index in [4.69, 9.17) is 5.41 Å². The Kier molecular flexibility index (Phi) is 6.50. The van der Waals surface area contributed by atoms with Gasteiger partial charge in [-0.25, -0.2) is 0 Å². The SMILES string of the molecule is C=C/C(=C/C(=N)N1CCCCC1C)NC(CC)C(C)(C)C. The Morgan fingerprint density at radius 3 is 2.57 bits per heavy atom. The van der Waals surface area contributed by atoms with E-state index in [1.165, 1.54) is 19.3 Å². The summed E-state index contributed by atoms with van der Waals surface area (Å²) in [7, 11) is 0. The summed E-state index contributed by atoms with van der Waals surface area (Å²) in [5.74, 6) is 0.605. The number of hydrogen-bond donors (Lipinski definition) is 2. The van der Waals surface area contributed by atoms with Crippen molar-refractivity contribution in [3.63, 3.8) is 0 Å². The Hall–Kier alpha value is -1.25. The minimum absolute atomic E-state index is 0.192. The van der Waals surface area contributed by atoms with Crippen LogP contribution in [0.2, 0.25) is 0 Å². The number of hydrogen-bond acceptors (Lipinski definition) is 2. The summed E-state index contributed by atoms with van der Waals surface area (Å²) in [5.41, 5.74) is 1.15. The molecule has 1 aliphatic rings. The fourth-order valence-electron chi connectivity index (χ4n) is 2.98. The Bertz CT molecular complexity index is 390. The molecule has 120 valence electrons. The minimum Gasteiger partial charge on any atom is -0.382 e. The topological polar surface area (TPSA) is 39.1 Å². The summed E-state index contributed by atoms with van der Waals surface area (Å²) in [5, 5.41) is 11.9. The van der Waals surface area contributed by atoms with Crippen LogP contribution in [-0.2, 0) is 0 Å². The number of nitrogens with zero attached hydrogens (tertiary/aromatic N) is 1. The molecule has 0 aromatic carbocycles. The molecule has 2 atom stereocenters. The van der Waals surface area contributed by atoms with Crippen molar-refractivity contribution in [2.75, 3.05) is 6.54 Å². The van der Waals surface area contributed by atoms with Crippen LogP contribution in [0.15, 0.2) is 24.4 Å². The molecule has 0 spiro atoms. The first kappa shape index (κ1) is 17.8. The number of piperidine rings is 1. The molecule has 2 unspecified atom stereocenters. The molecule has 1 heterocycles. The van der Waals surface area contributed by atoms with Gasteiger partial charge in [-0.15, -0.1) is 0 Å². The van der Waals surface area contributed by atoms with Gasteiger partial charge in [0.25, 0.3) is 0 Å². The van der Waals surface area contributed by atoms with E-state index in [2.05, 4.69) is 51.4 Å². The van der Waals surface area contributed by atoms with Crippen LogP contribution in [0.25, 0.3) is 0 Å². The van der Waals surface area contributed by atoms with Gasteiger partial charge in [0.15, 0.2) is 0 Å². The van der Waals surface area contributed by atoms with Crippen LogP contribution >= 0.6 is 0 Å². The summed E-state index contributed by atoms with van der Waals surface area (Å²) in [4.78, 5) is 2.20. The van der Waals surface area contributed by atoms with Gasteiger partial charge in [-0.2, -0.15) is 0 Å². The lowest BCUT2D eigenvalue weighted by molar-refractivity contribution is 0.257. The molecule has 1 rings (SSSR count). The van der Waals surface area contributed by atoms with Crippen molar-refractivity contribution < 1.29 is 0 Å². The van der Waals surface area contributed by atoms with Gasteiger partial charge in [0, 0.05) is 30.4 Å². The van der Waals surface area contributed by atoms with E-state index in [9.17, 15) is 0 Å². The van der Waals surface area contributed by atoms with Crippen molar-refractivity contribution in [2.24, 2.45) is 5.41 Å². The molecule has 0 aliphatic carbocycles. The lowest BCUT2D eigenvalue weighted by Gasteiger charge is -2.35. The predicted molar refractivity (Wildman–Crippen MR) is 92.7 cm³/mol. The van der Waals surface area contributed by atoms with Crippen LogP contribution in [0.5, 0.6) is 0 Å². The first-order valence-electron chi connectivity index (χ1n) is 8.25. The maximum atomic E-state index is 8.37. The maximum Gasteiger partial charge on any atom is 0.122 e. The third kappa shape index (κ3) is 5.22. The number of amidine groups is 1. The highest BCUT2D eigenvalue weighted by molar-refractivity contribution is 5.91. The summed E-state index contributed by atoms with van der Waals surface area (Å²) in [6.45, 7) is 16.0. The number of nitrogens with one attached hydrogen (secondary N) is 2. The average Bonchev–Trinajstić information content (AvgIpc) is 2.42. The summed E-state index contributed by atoms with van der Waals surface area (Å²) in [6.07, 6.45) is 8.48. The van der Waals surface area contributed by atoms with E-state index in [0.717, 1.165) is 18.7 Å². The van der Waals surface area contributed by atoms with Crippen molar-refractivity contribution in [2.45, 2.75) is 72.4 Å². The van der Waals surface area contributed by atoms with E-state index >= 15 is 0 Å². The molecule has 2 N–H and O–H groups in total. The zero-order valence-corrected chi connectivity index (χ0v) is 14.5. The van der Waals surface area contributed by atoms with Crippen LogP contribution in [0.4, 0.5) is 0 Å². The van der Waals surface area contributed by atoms with Crippen molar-refractivity contribution >= 4 is 5.84 Å². The smallest absolute Gasteiger partial charge is 0.122 e. The highest BCUT2D eigenvalue weighted by Crippen LogP contribution is 2.23. The zero-order valence-electron chi connectivity index (χ0n) is 14.5. The van der Waals surface area contributed by atoms with Gasteiger partial charge in [0.2, 0.25) is 0 Å². The van der Waals surface area contributed by atoms with Gasteiger partial charge >= 0.3 is 0 Å². The number of allylic oxidation sites excluding steroid dienone is 1. The van der Waals surface area contributed by atoms with Gasteiger partial charge in [0.1, 0.15) is 5.84 Å². The van der Waals surface area contributed by atoms with E-state index in [-0.39, 0.29) is 5.41 Å². The molecule has 1 saturated heterocycles. The molecule has 0 bridgehead atoms. The molecule has 21 heavy (non-hydrogen) atoms. The molecule has 1 aliphatic heterocycles. The predicted octanol–water partition coefficient (Wildman–Crippen LogP) is 4.32. The summed E-state index contributed by atoms with van der Waals surface area (Å²) in [6, 6.07) is 0.853. The third-order valence-electron chi connectivity index (χ3n) is 4.42. The van der Waals surface area contributed by atoms with E-state index in [0.29, 0.717) is 17.9 Å². The number of likely N-dealkylation sites (tertiary alicyclic amines) is 1. The minimum atomic E-state index is 0.192. The molecule has 0 radical (unpaired) electrons. The highest BCUT2D eigenvalue weighted by Gasteiger charge is 2.24.